The lowest BCUT2D eigenvalue weighted by atomic mass is 10.1. The third-order valence-electron chi connectivity index (χ3n) is 4.66. The number of nitrogens with one attached hydrogen (secondary N) is 1. The number of carbonyl (C=O) groups is 3. The van der Waals surface area contributed by atoms with Crippen LogP contribution in [0.4, 0.5) is 16.3 Å². The third kappa shape index (κ3) is 2.47. The van der Waals surface area contributed by atoms with Gasteiger partial charge in [-0.1, -0.05) is 0 Å². The van der Waals surface area contributed by atoms with E-state index < -0.39 is 23.5 Å². The topological polar surface area (TPSA) is 124 Å². The molecule has 0 saturated carbocycles. The summed E-state index contributed by atoms with van der Waals surface area (Å²) in [5.74, 6) is -1.36. The fraction of sp³-hybridized carbons (Fsp3) is 0.222. The largest absolute Gasteiger partial charge is 0.449 e. The maximum absolute atomic E-state index is 12.5. The Balaban J connectivity index is 1.80. The summed E-state index contributed by atoms with van der Waals surface area (Å²) in [5.41, 5.74) is 7.52. The minimum atomic E-state index is -0.634. The smallest absolute Gasteiger partial charge is 0.414 e. The van der Waals surface area contributed by atoms with E-state index in [1.54, 1.807) is 25.1 Å². The fourth-order valence-corrected chi connectivity index (χ4v) is 3.46. The van der Waals surface area contributed by atoms with Crippen molar-refractivity contribution in [3.05, 3.63) is 51.3 Å². The zero-order valence-corrected chi connectivity index (χ0v) is 14.4. The number of pyridine rings is 1. The van der Waals surface area contributed by atoms with Gasteiger partial charge in [0.1, 0.15) is 5.82 Å². The van der Waals surface area contributed by atoms with Crippen molar-refractivity contribution in [1.29, 1.82) is 0 Å². The normalized spacial score (nSPS) is 14.8. The van der Waals surface area contributed by atoms with E-state index >= 15 is 0 Å². The summed E-state index contributed by atoms with van der Waals surface area (Å²) in [6.45, 7) is 2.50. The van der Waals surface area contributed by atoms with Crippen LogP contribution >= 0.6 is 0 Å². The van der Waals surface area contributed by atoms with E-state index in [1.165, 1.54) is 9.47 Å². The molecule has 1 aromatic carbocycles. The Bertz CT molecular complexity index is 1070. The first kappa shape index (κ1) is 16.8. The zero-order valence-electron chi connectivity index (χ0n) is 14.4. The Morgan fingerprint density at radius 2 is 2.00 bits per heavy atom. The number of nitrogen functional groups attached to an aromatic ring is 1. The van der Waals surface area contributed by atoms with E-state index in [4.69, 9.17) is 10.5 Å². The van der Waals surface area contributed by atoms with Gasteiger partial charge in [-0.2, -0.15) is 0 Å². The molecule has 0 atom stereocenters. The predicted octanol–water partition coefficient (Wildman–Crippen LogP) is 0.822. The quantitative estimate of drug-likeness (QED) is 0.757. The Morgan fingerprint density at radius 1 is 1.22 bits per heavy atom. The highest BCUT2D eigenvalue weighted by atomic mass is 16.6. The lowest BCUT2D eigenvalue weighted by molar-refractivity contribution is 0.0879. The van der Waals surface area contributed by atoms with Crippen molar-refractivity contribution in [2.75, 3.05) is 23.8 Å². The number of nitrogens with two attached hydrogens (primary N) is 1. The molecular formula is C18H16N4O5. The summed E-state index contributed by atoms with van der Waals surface area (Å²) in [7, 11) is 0. The highest BCUT2D eigenvalue weighted by molar-refractivity contribution is 6.23. The number of carbonyl (C=O) groups excluding carboxylic acids is 3. The zero-order chi connectivity index (χ0) is 19.3. The Labute approximate surface area is 153 Å². The van der Waals surface area contributed by atoms with E-state index in [-0.39, 0.29) is 23.6 Å². The van der Waals surface area contributed by atoms with Gasteiger partial charge >= 0.3 is 6.09 Å². The highest BCUT2D eigenvalue weighted by Gasteiger charge is 2.32. The molecule has 0 radical (unpaired) electrons. The van der Waals surface area contributed by atoms with Gasteiger partial charge in [-0.05, 0) is 37.1 Å². The monoisotopic (exact) mass is 368 g/mol. The molecule has 27 heavy (non-hydrogen) atoms. The van der Waals surface area contributed by atoms with Crippen molar-refractivity contribution >= 4 is 29.4 Å². The van der Waals surface area contributed by atoms with Crippen LogP contribution in [0.25, 0.3) is 5.69 Å². The first-order valence-electron chi connectivity index (χ1n) is 8.41. The van der Waals surface area contributed by atoms with Gasteiger partial charge in [0.15, 0.2) is 0 Å². The molecule has 2 aromatic rings. The molecule has 9 heteroatoms. The number of fused-ring (bicyclic) bond motifs is 2. The summed E-state index contributed by atoms with van der Waals surface area (Å²) >= 11 is 0. The Hall–Kier alpha value is -3.62. The third-order valence-corrected chi connectivity index (χ3v) is 4.66. The van der Waals surface area contributed by atoms with E-state index in [0.29, 0.717) is 24.3 Å². The summed E-state index contributed by atoms with van der Waals surface area (Å²) in [5, 5.41) is 2.13. The van der Waals surface area contributed by atoms with Crippen LogP contribution in [0.5, 0.6) is 0 Å². The second-order valence-corrected chi connectivity index (χ2v) is 6.19. The van der Waals surface area contributed by atoms with Crippen LogP contribution in [-0.4, -0.2) is 35.6 Å². The number of ether oxygens (including phenoxy) is 1. The molecule has 0 spiro atoms. The van der Waals surface area contributed by atoms with Gasteiger partial charge in [0.05, 0.1) is 29.1 Å². The van der Waals surface area contributed by atoms with Gasteiger partial charge < -0.3 is 10.5 Å². The van der Waals surface area contributed by atoms with Crippen molar-refractivity contribution < 1.29 is 19.1 Å². The maximum Gasteiger partial charge on any atom is 0.414 e. The minimum Gasteiger partial charge on any atom is -0.449 e. The number of hydrogen-bond donors (Lipinski definition) is 2. The Kier molecular flexibility index (Phi) is 3.72. The average molecular weight is 368 g/mol. The van der Waals surface area contributed by atoms with Crippen LogP contribution < -0.4 is 21.5 Å². The van der Waals surface area contributed by atoms with Crippen molar-refractivity contribution in [2.45, 2.75) is 13.3 Å². The number of amides is 3. The molecule has 0 bridgehead atoms. The lowest BCUT2D eigenvalue weighted by Crippen LogP contribution is -2.29. The summed E-state index contributed by atoms with van der Waals surface area (Å²) in [6, 6.07) is 6.19. The minimum absolute atomic E-state index is 0.00625. The van der Waals surface area contributed by atoms with Gasteiger partial charge in [-0.3, -0.25) is 29.2 Å². The van der Waals surface area contributed by atoms with Crippen LogP contribution in [0, 0.1) is 0 Å². The van der Waals surface area contributed by atoms with Crippen molar-refractivity contribution in [3.8, 4) is 5.69 Å². The molecule has 0 unspecified atom stereocenters. The first-order chi connectivity index (χ1) is 12.9. The molecule has 3 N–H and O–H groups in total. The second kappa shape index (κ2) is 5.97. The number of anilines is 2. The number of imide groups is 1. The summed E-state index contributed by atoms with van der Waals surface area (Å²) in [6.07, 6.45) is 0.175. The molecule has 0 aliphatic carbocycles. The Morgan fingerprint density at radius 3 is 2.74 bits per heavy atom. The number of benzene rings is 1. The number of nitrogens with zero attached hydrogens (tertiary/aromatic N) is 2. The summed E-state index contributed by atoms with van der Waals surface area (Å²) < 4.78 is 6.23. The molecule has 2 aliphatic heterocycles. The maximum atomic E-state index is 12.5. The first-order valence-corrected chi connectivity index (χ1v) is 8.41. The molecular weight excluding hydrogens is 352 g/mol. The highest BCUT2D eigenvalue weighted by Crippen LogP contribution is 2.31. The van der Waals surface area contributed by atoms with E-state index in [9.17, 15) is 19.2 Å². The fourth-order valence-electron chi connectivity index (χ4n) is 3.46. The molecule has 138 valence electrons. The van der Waals surface area contributed by atoms with Crippen LogP contribution in [0.1, 0.15) is 33.2 Å². The standard InChI is InChI=1S/C18H16N4O5/c1-2-27-18(26)21-6-5-9-7-10(3-4-12(9)21)22-13(23)8-11-14(15(22)19)17(25)20-16(11)24/h3-4,7-8H,2,5-6,19H2,1H3,(H,20,24,25). The molecule has 1 aromatic heterocycles. The van der Waals surface area contributed by atoms with Crippen molar-refractivity contribution in [1.82, 2.24) is 9.88 Å². The number of rotatable bonds is 2. The average Bonchev–Trinajstić information content (AvgIpc) is 3.16. The molecule has 3 heterocycles. The second-order valence-electron chi connectivity index (χ2n) is 6.19. The molecule has 3 amide bonds. The van der Waals surface area contributed by atoms with Crippen LogP contribution in [0.3, 0.4) is 0 Å². The van der Waals surface area contributed by atoms with Crippen molar-refractivity contribution in [2.24, 2.45) is 0 Å². The lowest BCUT2D eigenvalue weighted by Gasteiger charge is -2.17. The van der Waals surface area contributed by atoms with Crippen LogP contribution in [-0.2, 0) is 11.2 Å². The number of aromatic nitrogens is 1. The van der Waals surface area contributed by atoms with Crippen molar-refractivity contribution in [3.63, 3.8) is 0 Å². The molecule has 2 aliphatic rings. The van der Waals surface area contributed by atoms with Gasteiger partial charge in [-0.25, -0.2) is 4.79 Å². The van der Waals surface area contributed by atoms with Crippen LogP contribution in [0.15, 0.2) is 29.1 Å². The SMILES string of the molecule is CCOC(=O)N1CCc2cc(-n3c(N)c4c(cc3=O)C(=O)NC4=O)ccc21. The predicted molar refractivity (Wildman–Crippen MR) is 96.3 cm³/mol. The van der Waals surface area contributed by atoms with Gasteiger partial charge in [0.25, 0.3) is 17.4 Å². The van der Waals surface area contributed by atoms with Crippen LogP contribution in [0.2, 0.25) is 0 Å². The van der Waals surface area contributed by atoms with E-state index in [0.717, 1.165) is 11.6 Å². The summed E-state index contributed by atoms with van der Waals surface area (Å²) in [4.78, 5) is 49.8. The van der Waals surface area contributed by atoms with E-state index in [2.05, 4.69) is 5.32 Å². The molecule has 4 rings (SSSR count). The molecule has 0 saturated heterocycles. The van der Waals surface area contributed by atoms with Gasteiger partial charge in [0, 0.05) is 12.6 Å². The van der Waals surface area contributed by atoms with Gasteiger partial charge in [0.2, 0.25) is 0 Å². The number of hydrogen-bond acceptors (Lipinski definition) is 6. The molecule has 9 nitrogen and oxygen atoms in total. The van der Waals surface area contributed by atoms with Gasteiger partial charge in [-0.15, -0.1) is 0 Å². The molecule has 0 fully saturated rings. The van der Waals surface area contributed by atoms with E-state index in [1.807, 2.05) is 0 Å².